The number of hydrogen-bond acceptors (Lipinski definition) is 3. The van der Waals surface area contributed by atoms with E-state index in [-0.39, 0.29) is 5.91 Å². The molecule has 1 aliphatic rings. The minimum Gasteiger partial charge on any atom is -0.480 e. The summed E-state index contributed by atoms with van der Waals surface area (Å²) in [5, 5.41) is 11.7. The molecule has 1 fully saturated rings. The SMILES string of the molecule is O=C(O)C1(C(=O)NCCCCSc2ccccc2Br)CC1. The Morgan fingerprint density at radius 2 is 2.00 bits per heavy atom. The molecule has 0 aromatic heterocycles. The molecule has 4 nitrogen and oxygen atoms in total. The second-order valence-electron chi connectivity index (χ2n) is 5.13. The first-order valence-electron chi connectivity index (χ1n) is 6.95. The molecule has 2 N–H and O–H groups in total. The van der Waals surface area contributed by atoms with Crippen LogP contribution in [0.5, 0.6) is 0 Å². The molecule has 1 saturated carbocycles. The van der Waals surface area contributed by atoms with Gasteiger partial charge in [0.15, 0.2) is 0 Å². The third-order valence-corrected chi connectivity index (χ3v) is 5.66. The topological polar surface area (TPSA) is 66.4 Å². The lowest BCUT2D eigenvalue weighted by atomic mass is 10.1. The zero-order chi connectivity index (χ0) is 15.3. The van der Waals surface area contributed by atoms with Crippen molar-refractivity contribution in [1.29, 1.82) is 0 Å². The van der Waals surface area contributed by atoms with Gasteiger partial charge in [0.05, 0.1) is 0 Å². The predicted molar refractivity (Wildman–Crippen MR) is 86.4 cm³/mol. The Hall–Kier alpha value is -1.01. The maximum Gasteiger partial charge on any atom is 0.319 e. The van der Waals surface area contributed by atoms with Crippen molar-refractivity contribution in [2.45, 2.75) is 30.6 Å². The minimum atomic E-state index is -1.12. The zero-order valence-corrected chi connectivity index (χ0v) is 14.0. The number of amides is 1. The zero-order valence-electron chi connectivity index (χ0n) is 11.6. The molecule has 1 aromatic carbocycles. The fourth-order valence-electron chi connectivity index (χ4n) is 2.01. The van der Waals surface area contributed by atoms with Crippen LogP contribution in [0.1, 0.15) is 25.7 Å². The van der Waals surface area contributed by atoms with Crippen LogP contribution < -0.4 is 5.32 Å². The number of carbonyl (C=O) groups is 2. The molecular formula is C15H18BrNO3S. The number of unbranched alkanes of at least 4 members (excludes halogenated alkanes) is 1. The van der Waals surface area contributed by atoms with Gasteiger partial charge in [-0.15, -0.1) is 11.8 Å². The van der Waals surface area contributed by atoms with Crippen molar-refractivity contribution in [2.75, 3.05) is 12.3 Å². The molecule has 0 heterocycles. The van der Waals surface area contributed by atoms with E-state index in [4.69, 9.17) is 5.11 Å². The van der Waals surface area contributed by atoms with Gasteiger partial charge in [-0.1, -0.05) is 12.1 Å². The van der Waals surface area contributed by atoms with E-state index in [1.54, 1.807) is 11.8 Å². The smallest absolute Gasteiger partial charge is 0.319 e. The van der Waals surface area contributed by atoms with Gasteiger partial charge in [0, 0.05) is 15.9 Å². The Morgan fingerprint density at radius 3 is 2.62 bits per heavy atom. The normalized spacial score (nSPS) is 15.5. The summed E-state index contributed by atoms with van der Waals surface area (Å²) < 4.78 is 1.10. The van der Waals surface area contributed by atoms with Gasteiger partial charge in [-0.2, -0.15) is 0 Å². The number of nitrogens with one attached hydrogen (secondary N) is 1. The number of thioether (sulfide) groups is 1. The van der Waals surface area contributed by atoms with Crippen LogP contribution in [0, 0.1) is 5.41 Å². The Kier molecular flexibility index (Phi) is 5.70. The average Bonchev–Trinajstić information content (AvgIpc) is 3.26. The molecule has 0 bridgehead atoms. The average molecular weight is 372 g/mol. The van der Waals surface area contributed by atoms with E-state index in [0.29, 0.717) is 19.4 Å². The van der Waals surface area contributed by atoms with Gasteiger partial charge >= 0.3 is 5.97 Å². The summed E-state index contributed by atoms with van der Waals surface area (Å²) >= 11 is 5.28. The van der Waals surface area contributed by atoms with Gasteiger partial charge in [0.2, 0.25) is 5.91 Å². The van der Waals surface area contributed by atoms with Gasteiger partial charge in [-0.25, -0.2) is 0 Å². The molecule has 114 valence electrons. The van der Waals surface area contributed by atoms with Crippen LogP contribution >= 0.6 is 27.7 Å². The summed E-state index contributed by atoms with van der Waals surface area (Å²) in [6.07, 6.45) is 2.77. The van der Waals surface area contributed by atoms with E-state index in [0.717, 1.165) is 23.1 Å². The first-order valence-corrected chi connectivity index (χ1v) is 8.73. The van der Waals surface area contributed by atoms with Crippen molar-refractivity contribution in [3.8, 4) is 0 Å². The fourth-order valence-corrected chi connectivity index (χ4v) is 3.58. The molecule has 1 aromatic rings. The lowest BCUT2D eigenvalue weighted by Gasteiger charge is -2.10. The maximum absolute atomic E-state index is 11.8. The van der Waals surface area contributed by atoms with Crippen LogP contribution in [-0.4, -0.2) is 29.3 Å². The van der Waals surface area contributed by atoms with E-state index in [1.807, 2.05) is 18.2 Å². The summed E-state index contributed by atoms with van der Waals surface area (Å²) in [6, 6.07) is 8.08. The molecule has 6 heteroatoms. The lowest BCUT2D eigenvalue weighted by Crippen LogP contribution is -2.37. The minimum absolute atomic E-state index is 0.326. The third-order valence-electron chi connectivity index (χ3n) is 3.54. The highest BCUT2D eigenvalue weighted by Gasteiger charge is 2.56. The van der Waals surface area contributed by atoms with Crippen LogP contribution in [0.25, 0.3) is 0 Å². The van der Waals surface area contributed by atoms with E-state index < -0.39 is 11.4 Å². The standard InChI is InChI=1S/C15H18BrNO3S/c16-11-5-1-2-6-12(11)21-10-4-3-9-17-13(18)15(7-8-15)14(19)20/h1-2,5-6H,3-4,7-10H2,(H,17,18)(H,19,20). The Labute approximate surface area is 136 Å². The van der Waals surface area contributed by atoms with Crippen molar-refractivity contribution in [3.63, 3.8) is 0 Å². The van der Waals surface area contributed by atoms with Gasteiger partial charge in [0.1, 0.15) is 5.41 Å². The van der Waals surface area contributed by atoms with Crippen molar-refractivity contribution in [2.24, 2.45) is 5.41 Å². The quantitative estimate of drug-likeness (QED) is 0.418. The molecule has 0 aliphatic heterocycles. The highest BCUT2D eigenvalue weighted by atomic mass is 79.9. The summed E-state index contributed by atoms with van der Waals surface area (Å²) in [5.41, 5.74) is -1.12. The van der Waals surface area contributed by atoms with Gasteiger partial charge in [-0.05, 0) is 59.5 Å². The van der Waals surface area contributed by atoms with E-state index in [2.05, 4.69) is 27.3 Å². The molecule has 0 unspecified atom stereocenters. The largest absolute Gasteiger partial charge is 0.480 e. The summed E-state index contributed by atoms with van der Waals surface area (Å²) in [5.74, 6) is -0.347. The Balaban J connectivity index is 1.60. The predicted octanol–water partition coefficient (Wildman–Crippen LogP) is 3.30. The summed E-state index contributed by atoms with van der Waals surface area (Å²) in [6.45, 7) is 0.546. The molecule has 0 atom stereocenters. The second-order valence-corrected chi connectivity index (χ2v) is 7.12. The van der Waals surface area contributed by atoms with Gasteiger partial charge < -0.3 is 10.4 Å². The fraction of sp³-hybridized carbons (Fsp3) is 0.467. The van der Waals surface area contributed by atoms with E-state index in [1.165, 1.54) is 4.90 Å². The number of carbonyl (C=O) groups excluding carboxylic acids is 1. The summed E-state index contributed by atoms with van der Waals surface area (Å²) in [4.78, 5) is 24.0. The Bertz CT molecular complexity index is 531. The number of carboxylic acid groups (broad SMARTS) is 1. The number of hydrogen-bond donors (Lipinski definition) is 2. The number of benzene rings is 1. The molecule has 0 spiro atoms. The van der Waals surface area contributed by atoms with Crippen LogP contribution in [0.15, 0.2) is 33.6 Å². The van der Waals surface area contributed by atoms with Crippen LogP contribution in [0.4, 0.5) is 0 Å². The van der Waals surface area contributed by atoms with Crippen molar-refractivity contribution >= 4 is 39.6 Å². The summed E-state index contributed by atoms with van der Waals surface area (Å²) in [7, 11) is 0. The molecule has 21 heavy (non-hydrogen) atoms. The van der Waals surface area contributed by atoms with Gasteiger partial charge in [-0.3, -0.25) is 9.59 Å². The van der Waals surface area contributed by atoms with Crippen molar-refractivity contribution < 1.29 is 14.7 Å². The van der Waals surface area contributed by atoms with Crippen LogP contribution in [0.2, 0.25) is 0 Å². The first kappa shape index (κ1) is 16.4. The Morgan fingerprint density at radius 1 is 1.29 bits per heavy atom. The van der Waals surface area contributed by atoms with E-state index in [9.17, 15) is 9.59 Å². The molecule has 1 amide bonds. The molecule has 0 radical (unpaired) electrons. The third kappa shape index (κ3) is 4.23. The lowest BCUT2D eigenvalue weighted by molar-refractivity contribution is -0.149. The maximum atomic E-state index is 11.8. The molecule has 2 rings (SSSR count). The number of halogens is 1. The van der Waals surface area contributed by atoms with Crippen molar-refractivity contribution in [3.05, 3.63) is 28.7 Å². The molecule has 0 saturated heterocycles. The van der Waals surface area contributed by atoms with Gasteiger partial charge in [0.25, 0.3) is 0 Å². The number of aliphatic carboxylic acids is 1. The highest BCUT2D eigenvalue weighted by Crippen LogP contribution is 2.46. The first-order chi connectivity index (χ1) is 10.1. The van der Waals surface area contributed by atoms with Crippen molar-refractivity contribution in [1.82, 2.24) is 5.32 Å². The molecule has 1 aliphatic carbocycles. The second kappa shape index (κ2) is 7.31. The number of carboxylic acids is 1. The number of rotatable bonds is 8. The highest BCUT2D eigenvalue weighted by molar-refractivity contribution is 9.10. The van der Waals surface area contributed by atoms with Crippen LogP contribution in [0.3, 0.4) is 0 Å². The monoisotopic (exact) mass is 371 g/mol. The van der Waals surface area contributed by atoms with Crippen LogP contribution in [-0.2, 0) is 9.59 Å². The van der Waals surface area contributed by atoms with E-state index >= 15 is 0 Å². The molecular weight excluding hydrogens is 354 g/mol.